The largest absolute Gasteiger partial charge is 0.299 e. The van der Waals surface area contributed by atoms with E-state index in [4.69, 9.17) is 0 Å². The van der Waals surface area contributed by atoms with E-state index in [2.05, 4.69) is 20.5 Å². The van der Waals surface area contributed by atoms with Gasteiger partial charge in [0.05, 0.1) is 11.7 Å². The molecule has 0 fully saturated rings. The van der Waals surface area contributed by atoms with Crippen molar-refractivity contribution in [2.24, 2.45) is 0 Å². The zero-order valence-electron chi connectivity index (χ0n) is 17.1. The Kier molecular flexibility index (Phi) is 5.48. The van der Waals surface area contributed by atoms with Crippen molar-refractivity contribution in [3.8, 4) is 11.1 Å². The van der Waals surface area contributed by atoms with Crippen LogP contribution in [0.15, 0.2) is 35.4 Å². The molecule has 9 heteroatoms. The minimum atomic E-state index is -0.339. The highest BCUT2D eigenvalue weighted by Gasteiger charge is 2.18. The van der Waals surface area contributed by atoms with Crippen LogP contribution in [-0.2, 0) is 11.3 Å². The molecule has 3 heterocycles. The number of nitrogens with zero attached hydrogens (tertiary/aromatic N) is 4. The van der Waals surface area contributed by atoms with Crippen LogP contribution < -0.4 is 10.9 Å². The van der Waals surface area contributed by atoms with Gasteiger partial charge in [0, 0.05) is 16.4 Å². The molecular weight excluding hydrogens is 418 g/mol. The van der Waals surface area contributed by atoms with Crippen LogP contribution in [0.2, 0.25) is 0 Å². The molecular formula is C21H21N5O2S2. The highest BCUT2D eigenvalue weighted by atomic mass is 32.1. The van der Waals surface area contributed by atoms with Crippen LogP contribution in [0.25, 0.3) is 21.3 Å². The molecule has 1 amide bonds. The zero-order chi connectivity index (χ0) is 21.4. The first-order valence-corrected chi connectivity index (χ1v) is 11.2. The van der Waals surface area contributed by atoms with E-state index in [9.17, 15) is 9.59 Å². The Morgan fingerprint density at radius 3 is 2.53 bits per heavy atom. The van der Waals surface area contributed by atoms with Gasteiger partial charge in [-0.2, -0.15) is 0 Å². The Morgan fingerprint density at radius 2 is 1.87 bits per heavy atom. The molecule has 1 N–H and O–H groups in total. The van der Waals surface area contributed by atoms with Gasteiger partial charge in [0.2, 0.25) is 11.0 Å². The van der Waals surface area contributed by atoms with E-state index in [0.717, 1.165) is 26.6 Å². The fourth-order valence-electron chi connectivity index (χ4n) is 3.15. The van der Waals surface area contributed by atoms with Gasteiger partial charge in [0.1, 0.15) is 16.4 Å². The van der Waals surface area contributed by atoms with Gasteiger partial charge in [-0.15, -0.1) is 21.5 Å². The smallest absolute Gasteiger partial charge is 0.263 e. The molecule has 0 atom stereocenters. The summed E-state index contributed by atoms with van der Waals surface area (Å²) in [6, 6.07) is 8.06. The summed E-state index contributed by atoms with van der Waals surface area (Å²) in [5, 5.41) is 12.6. The summed E-state index contributed by atoms with van der Waals surface area (Å²) < 4.78 is 1.34. The first kappa shape index (κ1) is 20.4. The quantitative estimate of drug-likeness (QED) is 0.499. The number of carbonyl (C=O) groups excluding carboxylic acids is 1. The number of hydrogen-bond donors (Lipinski definition) is 1. The van der Waals surface area contributed by atoms with E-state index in [1.165, 1.54) is 33.6 Å². The molecule has 0 aliphatic carbocycles. The highest BCUT2D eigenvalue weighted by Crippen LogP contribution is 2.35. The van der Waals surface area contributed by atoms with Crippen molar-refractivity contribution in [1.82, 2.24) is 19.7 Å². The summed E-state index contributed by atoms with van der Waals surface area (Å²) in [6.45, 7) is 7.90. The fourth-order valence-corrected chi connectivity index (χ4v) is 4.92. The van der Waals surface area contributed by atoms with Gasteiger partial charge in [-0.3, -0.25) is 19.5 Å². The van der Waals surface area contributed by atoms with Gasteiger partial charge in [-0.25, -0.2) is 4.98 Å². The lowest BCUT2D eigenvalue weighted by Gasteiger charge is -2.06. The minimum Gasteiger partial charge on any atom is -0.299 e. The summed E-state index contributed by atoms with van der Waals surface area (Å²) in [6.07, 6.45) is 1.43. The van der Waals surface area contributed by atoms with Crippen molar-refractivity contribution >= 4 is 43.9 Å². The third-order valence-corrected chi connectivity index (χ3v) is 6.84. The number of fused-ring (bicyclic) bond motifs is 1. The second-order valence-corrected chi connectivity index (χ2v) is 9.62. The number of carbonyl (C=O) groups is 1. The topological polar surface area (TPSA) is 89.8 Å². The summed E-state index contributed by atoms with van der Waals surface area (Å²) in [5.41, 5.74) is 2.78. The van der Waals surface area contributed by atoms with Gasteiger partial charge in [0.15, 0.2) is 0 Å². The van der Waals surface area contributed by atoms with Crippen LogP contribution in [-0.4, -0.2) is 25.7 Å². The number of amides is 1. The number of rotatable bonds is 5. The van der Waals surface area contributed by atoms with E-state index in [-0.39, 0.29) is 23.9 Å². The molecule has 30 heavy (non-hydrogen) atoms. The fraction of sp³-hybridized carbons (Fsp3) is 0.286. The van der Waals surface area contributed by atoms with Gasteiger partial charge in [-0.05, 0) is 19.4 Å². The average Bonchev–Trinajstić information content (AvgIpc) is 3.29. The summed E-state index contributed by atoms with van der Waals surface area (Å²) in [5.74, 6) is -0.0991. The van der Waals surface area contributed by atoms with E-state index >= 15 is 0 Å². The summed E-state index contributed by atoms with van der Waals surface area (Å²) in [7, 11) is 0. The predicted octanol–water partition coefficient (Wildman–Crippen LogP) is 4.36. The van der Waals surface area contributed by atoms with Crippen molar-refractivity contribution in [3.05, 3.63) is 56.4 Å². The van der Waals surface area contributed by atoms with Crippen LogP contribution in [0, 0.1) is 13.8 Å². The van der Waals surface area contributed by atoms with Crippen LogP contribution in [0.4, 0.5) is 5.13 Å². The summed E-state index contributed by atoms with van der Waals surface area (Å²) in [4.78, 5) is 31.8. The molecule has 0 aliphatic rings. The van der Waals surface area contributed by atoms with Crippen molar-refractivity contribution in [1.29, 1.82) is 0 Å². The third kappa shape index (κ3) is 3.90. The van der Waals surface area contributed by atoms with E-state index in [1.54, 1.807) is 0 Å². The van der Waals surface area contributed by atoms with Crippen molar-refractivity contribution in [3.63, 3.8) is 0 Å². The predicted molar refractivity (Wildman–Crippen MR) is 121 cm³/mol. The van der Waals surface area contributed by atoms with Gasteiger partial charge >= 0.3 is 0 Å². The lowest BCUT2D eigenvalue weighted by molar-refractivity contribution is -0.116. The molecule has 0 bridgehead atoms. The molecule has 7 nitrogen and oxygen atoms in total. The SMILES string of the molecule is Cc1ccc(-c2c(C)sc3ncn(CC(=O)Nc4nnc(C(C)C)s4)c(=O)c23)cc1. The molecule has 4 aromatic rings. The third-order valence-electron chi connectivity index (χ3n) is 4.69. The standard InChI is InChI=1S/C21H21N5O2S2/c1-11(2)18-24-25-21(30-18)23-15(27)9-26-10-22-19-17(20(26)28)16(13(4)29-19)14-7-5-12(3)6-8-14/h5-8,10-11H,9H2,1-4H3,(H,23,25,27). The zero-order valence-corrected chi connectivity index (χ0v) is 18.7. The Hall–Kier alpha value is -2.91. The van der Waals surface area contributed by atoms with Crippen LogP contribution in [0.1, 0.15) is 35.2 Å². The molecule has 154 valence electrons. The molecule has 0 aliphatic heterocycles. The molecule has 0 unspecified atom stereocenters. The van der Waals surface area contributed by atoms with Crippen LogP contribution >= 0.6 is 22.7 Å². The molecule has 4 rings (SSSR count). The van der Waals surface area contributed by atoms with Gasteiger partial charge < -0.3 is 0 Å². The summed E-state index contributed by atoms with van der Waals surface area (Å²) >= 11 is 2.82. The minimum absolute atomic E-state index is 0.138. The van der Waals surface area contributed by atoms with E-state index in [1.807, 2.05) is 52.0 Å². The first-order valence-electron chi connectivity index (χ1n) is 9.52. The molecule has 0 saturated carbocycles. The molecule has 3 aromatic heterocycles. The van der Waals surface area contributed by atoms with E-state index < -0.39 is 0 Å². The number of anilines is 1. The monoisotopic (exact) mass is 439 g/mol. The molecule has 1 aromatic carbocycles. The Labute approximate surface area is 181 Å². The van der Waals surface area contributed by atoms with Crippen molar-refractivity contribution in [2.75, 3.05) is 5.32 Å². The van der Waals surface area contributed by atoms with Crippen LogP contribution in [0.3, 0.4) is 0 Å². The second kappa shape index (κ2) is 8.08. The maximum absolute atomic E-state index is 13.2. The average molecular weight is 440 g/mol. The van der Waals surface area contributed by atoms with Gasteiger partial charge in [-0.1, -0.05) is 55.0 Å². The van der Waals surface area contributed by atoms with Crippen molar-refractivity contribution < 1.29 is 4.79 Å². The Morgan fingerprint density at radius 1 is 1.13 bits per heavy atom. The lowest BCUT2D eigenvalue weighted by atomic mass is 10.0. The lowest BCUT2D eigenvalue weighted by Crippen LogP contribution is -2.27. The molecule has 0 saturated heterocycles. The van der Waals surface area contributed by atoms with Crippen molar-refractivity contribution in [2.45, 2.75) is 40.2 Å². The maximum atomic E-state index is 13.2. The number of aromatic nitrogens is 4. The van der Waals surface area contributed by atoms with Crippen LogP contribution in [0.5, 0.6) is 0 Å². The number of benzene rings is 1. The number of aryl methyl sites for hydroxylation is 2. The molecule has 0 spiro atoms. The number of thiophene rings is 1. The van der Waals surface area contributed by atoms with Gasteiger partial charge in [0.25, 0.3) is 5.56 Å². The highest BCUT2D eigenvalue weighted by molar-refractivity contribution is 7.19. The Bertz CT molecular complexity index is 1290. The number of hydrogen-bond acceptors (Lipinski definition) is 7. The molecule has 0 radical (unpaired) electrons. The maximum Gasteiger partial charge on any atom is 0.263 e. The Balaban J connectivity index is 1.66. The van der Waals surface area contributed by atoms with E-state index in [0.29, 0.717) is 15.3 Å². The second-order valence-electron chi connectivity index (χ2n) is 7.41. The normalized spacial score (nSPS) is 11.4. The first-order chi connectivity index (χ1) is 14.3. The number of nitrogens with one attached hydrogen (secondary N) is 1.